The van der Waals surface area contributed by atoms with E-state index in [2.05, 4.69) is 15.8 Å². The van der Waals surface area contributed by atoms with Gasteiger partial charge in [-0.1, -0.05) is 0 Å². The maximum absolute atomic E-state index is 12.8. The molecule has 1 saturated heterocycles. The molecular weight excluding hydrogens is 344 g/mol. The van der Waals surface area contributed by atoms with Crippen LogP contribution in [-0.2, 0) is 17.8 Å². The number of anilines is 1. The van der Waals surface area contributed by atoms with E-state index in [-0.39, 0.29) is 18.1 Å². The third-order valence-electron chi connectivity index (χ3n) is 4.95. The van der Waals surface area contributed by atoms with Gasteiger partial charge in [-0.2, -0.15) is 0 Å². The van der Waals surface area contributed by atoms with Crippen LogP contribution in [-0.4, -0.2) is 58.6 Å². The summed E-state index contributed by atoms with van der Waals surface area (Å²) in [6.45, 7) is 1.13. The SMILES string of the molecule is CN(C)c1nc(-c2ccncc2)nc2c1CCN(C(=O)C1CC(N)NN1)C2. The zero-order valence-corrected chi connectivity index (χ0v) is 15.5. The van der Waals surface area contributed by atoms with E-state index in [0.29, 0.717) is 25.3 Å². The first kappa shape index (κ1) is 17.8. The molecule has 0 radical (unpaired) electrons. The Kier molecular flexibility index (Phi) is 4.73. The standard InChI is InChI=1S/C18H24N8O/c1-25(2)17-12-5-8-26(18(27)13-9-15(19)24-23-13)10-14(12)21-16(22-17)11-3-6-20-7-4-11/h3-4,6-7,13,15,23-24H,5,8-10,19H2,1-2H3. The third-order valence-corrected chi connectivity index (χ3v) is 4.95. The molecule has 4 rings (SSSR count). The molecular formula is C18H24N8O. The van der Waals surface area contributed by atoms with Crippen LogP contribution in [0.3, 0.4) is 0 Å². The van der Waals surface area contributed by atoms with E-state index in [9.17, 15) is 4.79 Å². The first-order chi connectivity index (χ1) is 13.0. The molecule has 2 aliphatic heterocycles. The Morgan fingerprint density at radius 1 is 1.26 bits per heavy atom. The number of carbonyl (C=O) groups excluding carboxylic acids is 1. The Balaban J connectivity index is 1.65. The summed E-state index contributed by atoms with van der Waals surface area (Å²) >= 11 is 0. The molecule has 2 atom stereocenters. The molecule has 9 heteroatoms. The van der Waals surface area contributed by atoms with Crippen molar-refractivity contribution in [2.24, 2.45) is 5.73 Å². The highest BCUT2D eigenvalue weighted by Crippen LogP contribution is 2.28. The predicted molar refractivity (Wildman–Crippen MR) is 101 cm³/mol. The number of hydrogen-bond acceptors (Lipinski definition) is 8. The van der Waals surface area contributed by atoms with Gasteiger partial charge in [0.25, 0.3) is 0 Å². The van der Waals surface area contributed by atoms with E-state index < -0.39 is 0 Å². The minimum atomic E-state index is -0.295. The van der Waals surface area contributed by atoms with Gasteiger partial charge in [0.1, 0.15) is 11.9 Å². The smallest absolute Gasteiger partial charge is 0.241 e. The van der Waals surface area contributed by atoms with Crippen molar-refractivity contribution in [2.75, 3.05) is 25.5 Å². The van der Waals surface area contributed by atoms with Crippen molar-refractivity contribution >= 4 is 11.7 Å². The van der Waals surface area contributed by atoms with E-state index >= 15 is 0 Å². The molecule has 2 aromatic heterocycles. The second-order valence-electron chi connectivity index (χ2n) is 7.12. The van der Waals surface area contributed by atoms with Gasteiger partial charge in [-0.15, -0.1) is 0 Å². The summed E-state index contributed by atoms with van der Waals surface area (Å²) in [6, 6.07) is 3.49. The molecule has 2 aromatic rings. The zero-order chi connectivity index (χ0) is 19.0. The zero-order valence-electron chi connectivity index (χ0n) is 15.5. The summed E-state index contributed by atoms with van der Waals surface area (Å²) in [7, 11) is 3.96. The van der Waals surface area contributed by atoms with Crippen molar-refractivity contribution in [3.8, 4) is 11.4 Å². The molecule has 1 fully saturated rings. The number of rotatable bonds is 3. The van der Waals surface area contributed by atoms with Crippen LogP contribution in [0.15, 0.2) is 24.5 Å². The first-order valence-corrected chi connectivity index (χ1v) is 9.06. The van der Waals surface area contributed by atoms with Gasteiger partial charge in [0.2, 0.25) is 5.91 Å². The molecule has 4 heterocycles. The summed E-state index contributed by atoms with van der Waals surface area (Å²) in [5.74, 6) is 1.61. The third kappa shape index (κ3) is 3.48. The Morgan fingerprint density at radius 3 is 2.70 bits per heavy atom. The van der Waals surface area contributed by atoms with Crippen LogP contribution in [0.25, 0.3) is 11.4 Å². The molecule has 0 aliphatic carbocycles. The number of amides is 1. The lowest BCUT2D eigenvalue weighted by Gasteiger charge is -2.32. The molecule has 142 valence electrons. The van der Waals surface area contributed by atoms with Crippen LogP contribution in [0.4, 0.5) is 5.82 Å². The van der Waals surface area contributed by atoms with Gasteiger partial charge >= 0.3 is 0 Å². The van der Waals surface area contributed by atoms with E-state index in [1.807, 2.05) is 36.0 Å². The van der Waals surface area contributed by atoms with Crippen molar-refractivity contribution in [1.82, 2.24) is 30.7 Å². The monoisotopic (exact) mass is 368 g/mol. The van der Waals surface area contributed by atoms with E-state index in [1.54, 1.807) is 12.4 Å². The topological polar surface area (TPSA) is 112 Å². The van der Waals surface area contributed by atoms with Crippen molar-refractivity contribution in [3.05, 3.63) is 35.8 Å². The molecule has 2 unspecified atom stereocenters. The molecule has 2 aliphatic rings. The fourth-order valence-electron chi connectivity index (χ4n) is 3.56. The van der Waals surface area contributed by atoms with Gasteiger partial charge < -0.3 is 15.5 Å². The molecule has 0 spiro atoms. The average molecular weight is 368 g/mol. The van der Waals surface area contributed by atoms with Gasteiger partial charge in [0.15, 0.2) is 5.82 Å². The summed E-state index contributed by atoms with van der Waals surface area (Å²) in [4.78, 5) is 30.3. The summed E-state index contributed by atoms with van der Waals surface area (Å²) in [6.07, 6.45) is 4.57. The molecule has 0 bridgehead atoms. The quantitative estimate of drug-likeness (QED) is 0.673. The van der Waals surface area contributed by atoms with Gasteiger partial charge in [-0.05, 0) is 18.6 Å². The maximum Gasteiger partial charge on any atom is 0.241 e. The number of hydrogen-bond donors (Lipinski definition) is 3. The molecule has 0 saturated carbocycles. The molecule has 0 aromatic carbocycles. The molecule has 9 nitrogen and oxygen atoms in total. The molecule has 1 amide bonds. The first-order valence-electron chi connectivity index (χ1n) is 9.06. The Labute approximate surface area is 158 Å². The van der Waals surface area contributed by atoms with Crippen molar-refractivity contribution in [1.29, 1.82) is 0 Å². The lowest BCUT2D eigenvalue weighted by atomic mass is 10.0. The minimum Gasteiger partial charge on any atom is -0.362 e. The summed E-state index contributed by atoms with van der Waals surface area (Å²) in [5.41, 5.74) is 14.6. The van der Waals surface area contributed by atoms with Crippen LogP contribution >= 0.6 is 0 Å². The lowest BCUT2D eigenvalue weighted by Crippen LogP contribution is -2.47. The van der Waals surface area contributed by atoms with Gasteiger partial charge in [-0.3, -0.25) is 9.78 Å². The number of carbonyl (C=O) groups is 1. The van der Waals surface area contributed by atoms with Crippen molar-refractivity contribution in [3.63, 3.8) is 0 Å². The normalized spacial score (nSPS) is 21.8. The highest BCUT2D eigenvalue weighted by atomic mass is 16.2. The largest absolute Gasteiger partial charge is 0.362 e. The second kappa shape index (κ2) is 7.18. The van der Waals surface area contributed by atoms with Crippen molar-refractivity contribution < 1.29 is 4.79 Å². The van der Waals surface area contributed by atoms with Crippen LogP contribution in [0, 0.1) is 0 Å². The number of nitrogens with one attached hydrogen (secondary N) is 2. The van der Waals surface area contributed by atoms with Crippen LogP contribution in [0.5, 0.6) is 0 Å². The fourth-order valence-corrected chi connectivity index (χ4v) is 3.56. The number of nitrogens with two attached hydrogens (primary N) is 1. The number of nitrogens with zero attached hydrogens (tertiary/aromatic N) is 5. The summed E-state index contributed by atoms with van der Waals surface area (Å²) < 4.78 is 0. The minimum absolute atomic E-state index is 0.0524. The predicted octanol–water partition coefficient (Wildman–Crippen LogP) is -0.359. The van der Waals surface area contributed by atoms with E-state index in [0.717, 1.165) is 29.1 Å². The highest BCUT2D eigenvalue weighted by Gasteiger charge is 2.33. The van der Waals surface area contributed by atoms with Gasteiger partial charge in [0.05, 0.1) is 18.4 Å². The Morgan fingerprint density at radius 2 is 2.04 bits per heavy atom. The molecule has 27 heavy (non-hydrogen) atoms. The number of aromatic nitrogens is 3. The van der Waals surface area contributed by atoms with E-state index in [1.165, 1.54) is 0 Å². The van der Waals surface area contributed by atoms with Crippen LogP contribution in [0.1, 0.15) is 17.7 Å². The van der Waals surface area contributed by atoms with Gasteiger partial charge in [-0.25, -0.2) is 20.8 Å². The fraction of sp³-hybridized carbons (Fsp3) is 0.444. The number of pyridine rings is 1. The van der Waals surface area contributed by atoms with Crippen LogP contribution < -0.4 is 21.5 Å². The summed E-state index contributed by atoms with van der Waals surface area (Å²) in [5, 5.41) is 0. The number of hydrazine groups is 1. The Hall–Kier alpha value is -2.62. The Bertz CT molecular complexity index is 841. The van der Waals surface area contributed by atoms with Crippen molar-refractivity contribution in [2.45, 2.75) is 31.6 Å². The van der Waals surface area contributed by atoms with E-state index in [4.69, 9.17) is 15.7 Å². The average Bonchev–Trinajstić information content (AvgIpc) is 3.13. The van der Waals surface area contributed by atoms with Crippen LogP contribution in [0.2, 0.25) is 0 Å². The highest BCUT2D eigenvalue weighted by molar-refractivity contribution is 5.82. The maximum atomic E-state index is 12.8. The molecule has 4 N–H and O–H groups in total. The lowest BCUT2D eigenvalue weighted by molar-refractivity contribution is -0.134. The van der Waals surface area contributed by atoms with Gasteiger partial charge in [0, 0.05) is 50.6 Å². The number of fused-ring (bicyclic) bond motifs is 1. The second-order valence-corrected chi connectivity index (χ2v) is 7.12.